The van der Waals surface area contributed by atoms with Gasteiger partial charge in [-0.1, -0.05) is 11.6 Å². The first kappa shape index (κ1) is 19.5. The molecule has 0 spiro atoms. The maximum absolute atomic E-state index is 13.1. The van der Waals surface area contributed by atoms with Gasteiger partial charge in [0.25, 0.3) is 5.91 Å². The van der Waals surface area contributed by atoms with Gasteiger partial charge < -0.3 is 19.5 Å². The van der Waals surface area contributed by atoms with Crippen LogP contribution in [0.1, 0.15) is 19.8 Å². The average molecular weight is 374 g/mol. The summed E-state index contributed by atoms with van der Waals surface area (Å²) in [6.07, 6.45) is 0.125. The zero-order valence-electron chi connectivity index (χ0n) is 14.1. The van der Waals surface area contributed by atoms with Crippen LogP contribution in [0.4, 0.5) is 4.39 Å². The molecule has 6 nitrogen and oxygen atoms in total. The molecule has 2 atom stereocenters. The van der Waals surface area contributed by atoms with Gasteiger partial charge in [-0.2, -0.15) is 0 Å². The summed E-state index contributed by atoms with van der Waals surface area (Å²) < 4.78 is 23.7. The van der Waals surface area contributed by atoms with Gasteiger partial charge in [-0.25, -0.2) is 4.39 Å². The van der Waals surface area contributed by atoms with Gasteiger partial charge in [0.05, 0.1) is 11.6 Å². The number of piperidine rings is 1. The molecular formula is C17H21ClFNO5. The molecule has 8 heteroatoms. The molecule has 138 valence electrons. The number of rotatable bonds is 6. The van der Waals surface area contributed by atoms with E-state index in [0.29, 0.717) is 19.4 Å². The number of aliphatic carboxylic acids is 1. The molecule has 1 aromatic rings. The summed E-state index contributed by atoms with van der Waals surface area (Å²) in [6.45, 7) is 2.09. The van der Waals surface area contributed by atoms with Crippen molar-refractivity contribution in [1.29, 1.82) is 0 Å². The van der Waals surface area contributed by atoms with Crippen LogP contribution in [0.5, 0.6) is 5.75 Å². The number of amides is 1. The van der Waals surface area contributed by atoms with Gasteiger partial charge in [-0.15, -0.1) is 0 Å². The third-order valence-corrected chi connectivity index (χ3v) is 4.60. The van der Waals surface area contributed by atoms with Crippen molar-refractivity contribution < 1.29 is 28.6 Å². The lowest BCUT2D eigenvalue weighted by Crippen LogP contribution is -2.54. The van der Waals surface area contributed by atoms with Crippen molar-refractivity contribution in [2.45, 2.75) is 25.9 Å². The first-order valence-corrected chi connectivity index (χ1v) is 8.30. The van der Waals surface area contributed by atoms with Gasteiger partial charge in [0.1, 0.15) is 17.0 Å². The van der Waals surface area contributed by atoms with Gasteiger partial charge in [0.15, 0.2) is 6.10 Å². The molecule has 0 saturated carbocycles. The Hall–Kier alpha value is -1.86. The largest absolute Gasteiger partial charge is 0.481 e. The first-order valence-electron chi connectivity index (χ1n) is 7.92. The minimum Gasteiger partial charge on any atom is -0.481 e. The quantitative estimate of drug-likeness (QED) is 0.829. The third kappa shape index (κ3) is 4.41. The molecule has 0 radical (unpaired) electrons. The Kier molecular flexibility index (Phi) is 6.24. The number of carbonyl (C=O) groups is 2. The van der Waals surface area contributed by atoms with Crippen molar-refractivity contribution in [3.8, 4) is 5.75 Å². The van der Waals surface area contributed by atoms with E-state index in [0.717, 1.165) is 6.07 Å². The van der Waals surface area contributed by atoms with Gasteiger partial charge in [-0.3, -0.25) is 9.59 Å². The van der Waals surface area contributed by atoms with Crippen LogP contribution in [-0.4, -0.2) is 54.8 Å². The molecule has 25 heavy (non-hydrogen) atoms. The van der Waals surface area contributed by atoms with Crippen molar-refractivity contribution in [1.82, 2.24) is 4.90 Å². The predicted molar refractivity (Wildman–Crippen MR) is 89.3 cm³/mol. The first-order chi connectivity index (χ1) is 11.8. The fourth-order valence-electron chi connectivity index (χ4n) is 3.02. The number of likely N-dealkylation sites (tertiary alicyclic amines) is 1. The molecule has 0 aromatic heterocycles. The fraction of sp³-hybridized carbons (Fsp3) is 0.529. The summed E-state index contributed by atoms with van der Waals surface area (Å²) in [6, 6.07) is 3.64. The van der Waals surface area contributed by atoms with Gasteiger partial charge in [0.2, 0.25) is 0 Å². The summed E-state index contributed by atoms with van der Waals surface area (Å²) in [5, 5.41) is 9.62. The molecule has 1 aliphatic rings. The zero-order chi connectivity index (χ0) is 18.6. The summed E-state index contributed by atoms with van der Waals surface area (Å²) in [5.74, 6) is -1.63. The van der Waals surface area contributed by atoms with Crippen LogP contribution >= 0.6 is 11.6 Å². The molecule has 1 N–H and O–H groups in total. The Morgan fingerprint density at radius 2 is 2.20 bits per heavy atom. The van der Waals surface area contributed by atoms with E-state index in [1.165, 1.54) is 24.1 Å². The molecule has 1 fully saturated rings. The number of nitrogens with zero attached hydrogens (tertiary/aromatic N) is 1. The SMILES string of the molecule is COCC1(C(=O)O)CCCN(C(=O)C(C)Oc2ccc(F)cc2Cl)C1. The third-order valence-electron chi connectivity index (χ3n) is 4.31. The van der Waals surface area contributed by atoms with Crippen molar-refractivity contribution in [3.63, 3.8) is 0 Å². The second-order valence-electron chi connectivity index (χ2n) is 6.22. The molecule has 2 unspecified atom stereocenters. The van der Waals surface area contributed by atoms with E-state index >= 15 is 0 Å². The van der Waals surface area contributed by atoms with Crippen LogP contribution in [-0.2, 0) is 14.3 Å². The number of carboxylic acids is 1. The van der Waals surface area contributed by atoms with E-state index in [-0.39, 0.29) is 29.8 Å². The fourth-order valence-corrected chi connectivity index (χ4v) is 3.23. The number of benzene rings is 1. The molecule has 2 rings (SSSR count). The highest BCUT2D eigenvalue weighted by atomic mass is 35.5. The molecule has 1 amide bonds. The van der Waals surface area contributed by atoms with Gasteiger partial charge in [0, 0.05) is 20.2 Å². The second kappa shape index (κ2) is 8.01. The lowest BCUT2D eigenvalue weighted by atomic mass is 9.80. The lowest BCUT2D eigenvalue weighted by molar-refractivity contribution is -0.160. The van der Waals surface area contributed by atoms with Crippen LogP contribution < -0.4 is 4.74 Å². The number of ether oxygens (including phenoxy) is 2. The van der Waals surface area contributed by atoms with Crippen LogP contribution in [0.3, 0.4) is 0 Å². The van der Waals surface area contributed by atoms with Crippen LogP contribution in [0.25, 0.3) is 0 Å². The smallest absolute Gasteiger partial charge is 0.313 e. The minimum absolute atomic E-state index is 0.0329. The molecule has 0 bridgehead atoms. The molecule has 1 saturated heterocycles. The summed E-state index contributed by atoms with van der Waals surface area (Å²) in [5.41, 5.74) is -1.12. The Morgan fingerprint density at radius 3 is 2.80 bits per heavy atom. The Labute approximate surface area is 150 Å². The maximum atomic E-state index is 13.1. The highest BCUT2D eigenvalue weighted by Gasteiger charge is 2.44. The van der Waals surface area contributed by atoms with E-state index in [9.17, 15) is 19.1 Å². The van der Waals surface area contributed by atoms with E-state index in [2.05, 4.69) is 0 Å². The number of carbonyl (C=O) groups excluding carboxylic acids is 1. The van der Waals surface area contributed by atoms with Gasteiger partial charge >= 0.3 is 5.97 Å². The zero-order valence-corrected chi connectivity index (χ0v) is 14.9. The molecule has 1 aliphatic heterocycles. The number of hydrogen-bond donors (Lipinski definition) is 1. The molecule has 1 heterocycles. The average Bonchev–Trinajstić information content (AvgIpc) is 2.57. The summed E-state index contributed by atoms with van der Waals surface area (Å²) >= 11 is 5.91. The number of carboxylic acid groups (broad SMARTS) is 1. The molecule has 1 aromatic carbocycles. The van der Waals surface area contributed by atoms with Gasteiger partial charge in [-0.05, 0) is 38.0 Å². The Bertz CT molecular complexity index is 652. The van der Waals surface area contributed by atoms with E-state index in [4.69, 9.17) is 21.1 Å². The van der Waals surface area contributed by atoms with Crippen LogP contribution in [0, 0.1) is 11.2 Å². The summed E-state index contributed by atoms with van der Waals surface area (Å²) in [7, 11) is 1.44. The monoisotopic (exact) mass is 373 g/mol. The minimum atomic E-state index is -1.12. The molecular weight excluding hydrogens is 353 g/mol. The topological polar surface area (TPSA) is 76.1 Å². The summed E-state index contributed by atoms with van der Waals surface area (Å²) in [4.78, 5) is 25.8. The number of methoxy groups -OCH3 is 1. The van der Waals surface area contributed by atoms with E-state index in [1.54, 1.807) is 6.92 Å². The van der Waals surface area contributed by atoms with Crippen molar-refractivity contribution in [2.24, 2.45) is 5.41 Å². The van der Waals surface area contributed by atoms with Crippen molar-refractivity contribution in [3.05, 3.63) is 29.0 Å². The second-order valence-corrected chi connectivity index (χ2v) is 6.62. The number of halogens is 2. The van der Waals surface area contributed by atoms with E-state index in [1.807, 2.05) is 0 Å². The van der Waals surface area contributed by atoms with Crippen molar-refractivity contribution >= 4 is 23.5 Å². The van der Waals surface area contributed by atoms with Crippen LogP contribution in [0.2, 0.25) is 5.02 Å². The Morgan fingerprint density at radius 1 is 1.48 bits per heavy atom. The highest BCUT2D eigenvalue weighted by Crippen LogP contribution is 2.32. The van der Waals surface area contributed by atoms with Crippen LogP contribution in [0.15, 0.2) is 18.2 Å². The standard InChI is InChI=1S/C17H21ClFNO5/c1-11(25-14-5-4-12(19)8-13(14)18)15(21)20-7-3-6-17(9-20,10-24-2)16(22)23/h4-5,8,11H,3,6-7,9-10H2,1-2H3,(H,22,23). The Balaban J connectivity index is 2.09. The van der Waals surface area contributed by atoms with Crippen molar-refractivity contribution in [2.75, 3.05) is 26.8 Å². The van der Waals surface area contributed by atoms with E-state index < -0.39 is 23.3 Å². The predicted octanol–water partition coefficient (Wildman–Crippen LogP) is 2.59. The highest BCUT2D eigenvalue weighted by molar-refractivity contribution is 6.32. The molecule has 0 aliphatic carbocycles. The number of hydrogen-bond acceptors (Lipinski definition) is 4. The maximum Gasteiger partial charge on any atom is 0.313 e. The lowest BCUT2D eigenvalue weighted by Gasteiger charge is -2.40. The normalized spacial score (nSPS) is 21.7.